The fraction of sp³-hybridized carbons (Fsp3) is 0.467. The summed E-state index contributed by atoms with van der Waals surface area (Å²) >= 11 is 0. The molecule has 2 heterocycles. The first-order valence-corrected chi connectivity index (χ1v) is 6.56. The molecule has 96 valence electrons. The van der Waals surface area contributed by atoms with Gasteiger partial charge in [0.25, 0.3) is 0 Å². The minimum absolute atomic E-state index is 0.124. The highest BCUT2D eigenvalue weighted by atomic mass is 16.7. The Bertz CT molecular complexity index is 526. The zero-order valence-corrected chi connectivity index (χ0v) is 10.9. The molecule has 1 unspecified atom stereocenters. The van der Waals surface area contributed by atoms with Crippen molar-refractivity contribution in [3.63, 3.8) is 0 Å². The van der Waals surface area contributed by atoms with Crippen LogP contribution < -0.4 is 0 Å². The Morgan fingerprint density at radius 3 is 2.56 bits per heavy atom. The van der Waals surface area contributed by atoms with Gasteiger partial charge in [0, 0.05) is 11.7 Å². The number of hydrogen-bond acceptors (Lipinski definition) is 2. The molecular formula is C15H19NO2. The largest absolute Gasteiger partial charge is 0.348 e. The van der Waals surface area contributed by atoms with Crippen molar-refractivity contribution in [2.45, 2.75) is 26.2 Å². The Morgan fingerprint density at radius 1 is 1.11 bits per heavy atom. The third-order valence-corrected chi connectivity index (χ3v) is 3.56. The summed E-state index contributed by atoms with van der Waals surface area (Å²) in [5.41, 5.74) is 1.25. The molecule has 1 aromatic carbocycles. The second-order valence-electron chi connectivity index (χ2n) is 5.13. The number of nitrogens with zero attached hydrogens (tertiary/aromatic N) is 1. The minimum Gasteiger partial charge on any atom is -0.348 e. The van der Waals surface area contributed by atoms with E-state index in [9.17, 15) is 0 Å². The van der Waals surface area contributed by atoms with E-state index in [0.29, 0.717) is 19.1 Å². The van der Waals surface area contributed by atoms with Gasteiger partial charge in [0.05, 0.1) is 19.3 Å². The van der Waals surface area contributed by atoms with Crippen molar-refractivity contribution in [1.29, 1.82) is 0 Å². The number of aromatic nitrogens is 1. The van der Waals surface area contributed by atoms with Crippen LogP contribution >= 0.6 is 0 Å². The molecule has 0 saturated carbocycles. The predicted octanol–water partition coefficient (Wildman–Crippen LogP) is 3.21. The normalized spacial score (nSPS) is 18.8. The van der Waals surface area contributed by atoms with E-state index in [1.54, 1.807) is 0 Å². The third kappa shape index (κ3) is 1.93. The van der Waals surface area contributed by atoms with Gasteiger partial charge in [-0.05, 0) is 23.4 Å². The highest BCUT2D eigenvalue weighted by Crippen LogP contribution is 2.31. The molecule has 0 amide bonds. The first-order valence-electron chi connectivity index (χ1n) is 6.56. The van der Waals surface area contributed by atoms with Crippen LogP contribution in [0, 0.1) is 5.92 Å². The third-order valence-electron chi connectivity index (χ3n) is 3.56. The molecule has 0 aliphatic carbocycles. The number of benzene rings is 1. The van der Waals surface area contributed by atoms with Crippen LogP contribution in [0.1, 0.15) is 19.9 Å². The highest BCUT2D eigenvalue weighted by Gasteiger charge is 2.31. The Kier molecular flexibility index (Phi) is 3.10. The summed E-state index contributed by atoms with van der Waals surface area (Å²) in [5, 5.41) is 1.26. The van der Waals surface area contributed by atoms with Gasteiger partial charge < -0.3 is 14.0 Å². The number of hydrogen-bond donors (Lipinski definition) is 0. The zero-order valence-electron chi connectivity index (χ0n) is 10.9. The predicted molar refractivity (Wildman–Crippen MR) is 71.5 cm³/mol. The quantitative estimate of drug-likeness (QED) is 0.829. The summed E-state index contributed by atoms with van der Waals surface area (Å²) in [4.78, 5) is 0. The van der Waals surface area contributed by atoms with Crippen LogP contribution in [0.25, 0.3) is 10.9 Å². The number of fused-ring (bicyclic) bond motifs is 1. The average molecular weight is 245 g/mol. The molecule has 1 atom stereocenters. The molecule has 18 heavy (non-hydrogen) atoms. The molecule has 0 bridgehead atoms. The standard InChI is InChI=1S/C15H19NO2/c1-11(2)14(15-17-9-10-18-15)16-8-7-12-5-3-4-6-13(12)16/h3-8,11,14-15H,9-10H2,1-2H3. The van der Waals surface area contributed by atoms with Crippen LogP contribution in [0.4, 0.5) is 0 Å². The average Bonchev–Trinajstić information content (AvgIpc) is 3.00. The van der Waals surface area contributed by atoms with Crippen molar-refractivity contribution >= 4 is 10.9 Å². The summed E-state index contributed by atoms with van der Waals surface area (Å²) < 4.78 is 13.7. The summed E-state index contributed by atoms with van der Waals surface area (Å²) in [7, 11) is 0. The molecule has 3 heteroatoms. The summed E-state index contributed by atoms with van der Waals surface area (Å²) in [6.07, 6.45) is 2.02. The van der Waals surface area contributed by atoms with E-state index in [0.717, 1.165) is 0 Å². The van der Waals surface area contributed by atoms with Crippen molar-refractivity contribution in [3.8, 4) is 0 Å². The minimum atomic E-state index is -0.124. The first-order chi connectivity index (χ1) is 8.77. The second kappa shape index (κ2) is 4.75. The lowest BCUT2D eigenvalue weighted by atomic mass is 10.0. The van der Waals surface area contributed by atoms with Crippen LogP contribution in [0.5, 0.6) is 0 Å². The van der Waals surface area contributed by atoms with Gasteiger partial charge in [-0.15, -0.1) is 0 Å². The second-order valence-corrected chi connectivity index (χ2v) is 5.13. The zero-order chi connectivity index (χ0) is 12.5. The topological polar surface area (TPSA) is 23.4 Å². The molecule has 1 aliphatic heterocycles. The first kappa shape index (κ1) is 11.8. The van der Waals surface area contributed by atoms with E-state index < -0.39 is 0 Å². The molecule has 1 saturated heterocycles. The van der Waals surface area contributed by atoms with E-state index >= 15 is 0 Å². The smallest absolute Gasteiger partial charge is 0.178 e. The van der Waals surface area contributed by atoms with Crippen molar-refractivity contribution in [3.05, 3.63) is 36.5 Å². The lowest BCUT2D eigenvalue weighted by Gasteiger charge is -2.28. The Balaban J connectivity index is 2.03. The van der Waals surface area contributed by atoms with Gasteiger partial charge in [-0.2, -0.15) is 0 Å². The molecule has 1 aromatic heterocycles. The van der Waals surface area contributed by atoms with E-state index in [-0.39, 0.29) is 12.3 Å². The molecule has 2 aromatic rings. The summed E-state index contributed by atoms with van der Waals surface area (Å²) in [5.74, 6) is 0.462. The van der Waals surface area contributed by atoms with E-state index in [1.807, 2.05) is 0 Å². The van der Waals surface area contributed by atoms with Gasteiger partial charge in [-0.3, -0.25) is 0 Å². The Morgan fingerprint density at radius 2 is 1.83 bits per heavy atom. The maximum absolute atomic E-state index is 5.71. The molecule has 1 aliphatic rings. The molecule has 1 fully saturated rings. The van der Waals surface area contributed by atoms with Crippen LogP contribution in [0.15, 0.2) is 36.5 Å². The molecule has 3 nitrogen and oxygen atoms in total. The fourth-order valence-electron chi connectivity index (χ4n) is 2.70. The van der Waals surface area contributed by atoms with Crippen molar-refractivity contribution in [2.24, 2.45) is 5.92 Å². The van der Waals surface area contributed by atoms with Gasteiger partial charge in [0.15, 0.2) is 6.29 Å². The number of ether oxygens (including phenoxy) is 2. The van der Waals surface area contributed by atoms with Crippen LogP contribution in [-0.4, -0.2) is 24.1 Å². The Labute approximate surface area is 107 Å². The van der Waals surface area contributed by atoms with E-state index in [1.165, 1.54) is 10.9 Å². The van der Waals surface area contributed by atoms with Gasteiger partial charge in [-0.1, -0.05) is 32.0 Å². The number of rotatable bonds is 3. The summed E-state index contributed by atoms with van der Waals surface area (Å²) in [6.45, 7) is 5.83. The Hall–Kier alpha value is -1.32. The van der Waals surface area contributed by atoms with Gasteiger partial charge in [0.1, 0.15) is 0 Å². The fourth-order valence-corrected chi connectivity index (χ4v) is 2.70. The van der Waals surface area contributed by atoms with Gasteiger partial charge in [-0.25, -0.2) is 0 Å². The number of para-hydroxylation sites is 1. The molecular weight excluding hydrogens is 226 g/mol. The van der Waals surface area contributed by atoms with Crippen LogP contribution in [-0.2, 0) is 9.47 Å². The molecule has 3 rings (SSSR count). The van der Waals surface area contributed by atoms with Crippen molar-refractivity contribution < 1.29 is 9.47 Å². The van der Waals surface area contributed by atoms with Crippen LogP contribution in [0.3, 0.4) is 0 Å². The van der Waals surface area contributed by atoms with Crippen molar-refractivity contribution in [1.82, 2.24) is 4.57 Å². The SMILES string of the molecule is CC(C)C(C1OCCO1)n1ccc2ccccc21. The lowest BCUT2D eigenvalue weighted by Crippen LogP contribution is -2.29. The van der Waals surface area contributed by atoms with Crippen molar-refractivity contribution in [2.75, 3.05) is 13.2 Å². The maximum atomic E-state index is 5.71. The lowest BCUT2D eigenvalue weighted by molar-refractivity contribution is -0.0883. The molecule has 0 radical (unpaired) electrons. The molecule has 0 spiro atoms. The van der Waals surface area contributed by atoms with Crippen LogP contribution in [0.2, 0.25) is 0 Å². The van der Waals surface area contributed by atoms with E-state index in [4.69, 9.17) is 9.47 Å². The van der Waals surface area contributed by atoms with Gasteiger partial charge in [0.2, 0.25) is 0 Å². The monoisotopic (exact) mass is 245 g/mol. The molecule has 0 N–H and O–H groups in total. The van der Waals surface area contributed by atoms with Gasteiger partial charge >= 0.3 is 0 Å². The van der Waals surface area contributed by atoms with E-state index in [2.05, 4.69) is 54.9 Å². The summed E-state index contributed by atoms with van der Waals surface area (Å²) in [6, 6.07) is 10.8. The highest BCUT2D eigenvalue weighted by molar-refractivity contribution is 5.80. The maximum Gasteiger partial charge on any atom is 0.178 e.